The van der Waals surface area contributed by atoms with E-state index in [0.29, 0.717) is 28.9 Å². The van der Waals surface area contributed by atoms with E-state index in [1.807, 2.05) is 6.07 Å². The molecule has 2 aromatic carbocycles. The van der Waals surface area contributed by atoms with Crippen LogP contribution in [0.2, 0.25) is 0 Å². The summed E-state index contributed by atoms with van der Waals surface area (Å²) < 4.78 is 50.7. The van der Waals surface area contributed by atoms with Gasteiger partial charge in [0.05, 0.1) is 25.3 Å². The molecule has 34 heavy (non-hydrogen) atoms. The van der Waals surface area contributed by atoms with Gasteiger partial charge in [-0.1, -0.05) is 6.92 Å². The van der Waals surface area contributed by atoms with Gasteiger partial charge in [-0.25, -0.2) is 4.98 Å². The molecule has 1 fully saturated rings. The number of aromatic nitrogens is 2. The summed E-state index contributed by atoms with van der Waals surface area (Å²) in [6.45, 7) is 4.43. The van der Waals surface area contributed by atoms with Gasteiger partial charge in [-0.3, -0.25) is 0 Å². The summed E-state index contributed by atoms with van der Waals surface area (Å²) in [5, 5.41) is 7.10. The molecule has 4 rings (SSSR count). The molecule has 1 atom stereocenters. The average Bonchev–Trinajstić information content (AvgIpc) is 3.25. The number of halogens is 3. The second-order valence-corrected chi connectivity index (χ2v) is 8.05. The van der Waals surface area contributed by atoms with Crippen molar-refractivity contribution in [2.45, 2.75) is 25.6 Å². The molecular weight excluding hydrogens is 449 g/mol. The number of nitrogen functional groups attached to an aromatic ring is 1. The van der Waals surface area contributed by atoms with Crippen molar-refractivity contribution in [3.8, 4) is 11.5 Å². The number of hydrogen-bond donors (Lipinski definition) is 3. The first-order valence-corrected chi connectivity index (χ1v) is 10.9. The number of rotatable bonds is 7. The highest BCUT2D eigenvalue weighted by Crippen LogP contribution is 2.38. The number of methoxy groups -OCH3 is 2. The minimum atomic E-state index is -4.53. The lowest BCUT2D eigenvalue weighted by Crippen LogP contribution is -2.32. The summed E-state index contributed by atoms with van der Waals surface area (Å²) in [6.07, 6.45) is -3.58. The molecule has 0 radical (unpaired) electrons. The Bertz CT molecular complexity index is 1190. The Labute approximate surface area is 195 Å². The van der Waals surface area contributed by atoms with Crippen LogP contribution in [-0.4, -0.2) is 49.9 Å². The number of alkyl halides is 3. The van der Waals surface area contributed by atoms with Crippen molar-refractivity contribution in [1.29, 1.82) is 0 Å². The van der Waals surface area contributed by atoms with E-state index in [-0.39, 0.29) is 17.3 Å². The standard InChI is InChI=1S/C23H27F3N6O2/c1-4-28-15-5-6-32(12-15)21-17-10-19(33-2)20(34-3)11-18(17)30-22(31-21)29-16-8-13(23(24,25)26)7-14(27)9-16/h7-11,15,28H,4-6,12,27H2,1-3H3,(H,29,30,31). The van der Waals surface area contributed by atoms with Crippen LogP contribution >= 0.6 is 0 Å². The molecule has 1 aliphatic rings. The lowest BCUT2D eigenvalue weighted by Gasteiger charge is -2.21. The van der Waals surface area contributed by atoms with E-state index >= 15 is 0 Å². The molecule has 2 heterocycles. The maximum Gasteiger partial charge on any atom is 0.416 e. The summed E-state index contributed by atoms with van der Waals surface area (Å²) in [4.78, 5) is 11.4. The van der Waals surface area contributed by atoms with E-state index in [9.17, 15) is 13.2 Å². The van der Waals surface area contributed by atoms with Gasteiger partial charge in [-0.15, -0.1) is 0 Å². The van der Waals surface area contributed by atoms with Crippen LogP contribution in [0.25, 0.3) is 10.9 Å². The summed E-state index contributed by atoms with van der Waals surface area (Å²) >= 11 is 0. The van der Waals surface area contributed by atoms with Crippen LogP contribution < -0.4 is 30.7 Å². The lowest BCUT2D eigenvalue weighted by atomic mass is 10.1. The third-order valence-electron chi connectivity index (χ3n) is 5.70. The van der Waals surface area contributed by atoms with E-state index in [0.717, 1.165) is 43.6 Å². The molecule has 0 saturated carbocycles. The molecule has 182 valence electrons. The van der Waals surface area contributed by atoms with Gasteiger partial charge in [0, 0.05) is 42.0 Å². The van der Waals surface area contributed by atoms with Crippen LogP contribution in [0.15, 0.2) is 30.3 Å². The normalized spacial score (nSPS) is 16.2. The SMILES string of the molecule is CCNC1CCN(c2nc(Nc3cc(N)cc(C(F)(F)F)c3)nc3cc(OC)c(OC)cc23)C1. The number of nitrogens with zero attached hydrogens (tertiary/aromatic N) is 3. The molecule has 1 aliphatic heterocycles. The van der Waals surface area contributed by atoms with Crippen molar-refractivity contribution in [3.05, 3.63) is 35.9 Å². The Morgan fingerprint density at radius 1 is 1.09 bits per heavy atom. The van der Waals surface area contributed by atoms with Crippen LogP contribution in [0.5, 0.6) is 11.5 Å². The second-order valence-electron chi connectivity index (χ2n) is 8.05. The zero-order valence-corrected chi connectivity index (χ0v) is 19.2. The monoisotopic (exact) mass is 476 g/mol. The number of fused-ring (bicyclic) bond motifs is 1. The van der Waals surface area contributed by atoms with Crippen LogP contribution in [0, 0.1) is 0 Å². The highest BCUT2D eigenvalue weighted by atomic mass is 19.4. The molecule has 0 spiro atoms. The fourth-order valence-corrected chi connectivity index (χ4v) is 4.16. The fourth-order valence-electron chi connectivity index (χ4n) is 4.16. The minimum absolute atomic E-state index is 0.0160. The van der Waals surface area contributed by atoms with Crippen molar-refractivity contribution in [2.75, 3.05) is 49.8 Å². The average molecular weight is 477 g/mol. The van der Waals surface area contributed by atoms with Crippen LogP contribution in [0.4, 0.5) is 36.3 Å². The summed E-state index contributed by atoms with van der Waals surface area (Å²) in [7, 11) is 3.08. The maximum atomic E-state index is 13.3. The third kappa shape index (κ3) is 4.89. The van der Waals surface area contributed by atoms with Crippen molar-refractivity contribution in [1.82, 2.24) is 15.3 Å². The molecule has 3 aromatic rings. The topological polar surface area (TPSA) is 97.6 Å². The van der Waals surface area contributed by atoms with Gasteiger partial charge in [0.15, 0.2) is 11.5 Å². The number of nitrogens with two attached hydrogens (primary N) is 1. The fraction of sp³-hybridized carbons (Fsp3) is 0.391. The van der Waals surface area contributed by atoms with E-state index < -0.39 is 11.7 Å². The Morgan fingerprint density at radius 3 is 2.50 bits per heavy atom. The molecule has 1 saturated heterocycles. The van der Waals surface area contributed by atoms with E-state index in [1.165, 1.54) is 13.2 Å². The van der Waals surface area contributed by atoms with Crippen molar-refractivity contribution in [2.24, 2.45) is 0 Å². The number of anilines is 4. The van der Waals surface area contributed by atoms with E-state index in [4.69, 9.17) is 15.2 Å². The summed E-state index contributed by atoms with van der Waals surface area (Å²) in [5.74, 6) is 1.84. The third-order valence-corrected chi connectivity index (χ3v) is 5.70. The minimum Gasteiger partial charge on any atom is -0.493 e. The van der Waals surface area contributed by atoms with Gasteiger partial charge in [0.2, 0.25) is 5.95 Å². The number of hydrogen-bond acceptors (Lipinski definition) is 8. The molecule has 8 nitrogen and oxygen atoms in total. The number of likely N-dealkylation sites (N-methyl/N-ethyl adjacent to an activating group) is 1. The predicted molar refractivity (Wildman–Crippen MR) is 126 cm³/mol. The van der Waals surface area contributed by atoms with Crippen molar-refractivity contribution >= 4 is 34.0 Å². The van der Waals surface area contributed by atoms with Crippen molar-refractivity contribution in [3.63, 3.8) is 0 Å². The van der Waals surface area contributed by atoms with Gasteiger partial charge in [-0.2, -0.15) is 18.2 Å². The van der Waals surface area contributed by atoms with Crippen LogP contribution in [0.1, 0.15) is 18.9 Å². The maximum absolute atomic E-state index is 13.3. The Kier molecular flexibility index (Phi) is 6.56. The largest absolute Gasteiger partial charge is 0.493 e. The molecule has 0 amide bonds. The summed E-state index contributed by atoms with van der Waals surface area (Å²) in [5.41, 5.74) is 5.56. The van der Waals surface area contributed by atoms with Crippen molar-refractivity contribution < 1.29 is 22.6 Å². The van der Waals surface area contributed by atoms with Gasteiger partial charge in [0.1, 0.15) is 5.82 Å². The zero-order valence-electron chi connectivity index (χ0n) is 19.2. The predicted octanol–water partition coefficient (Wildman–Crippen LogP) is 4.18. The van der Waals surface area contributed by atoms with Gasteiger partial charge in [0.25, 0.3) is 0 Å². The Morgan fingerprint density at radius 2 is 1.82 bits per heavy atom. The molecule has 0 bridgehead atoms. The molecule has 1 aromatic heterocycles. The molecular formula is C23H27F3N6O2. The second kappa shape index (κ2) is 9.41. The number of ether oxygens (including phenoxy) is 2. The molecule has 1 unspecified atom stereocenters. The number of nitrogens with one attached hydrogen (secondary N) is 2. The van der Waals surface area contributed by atoms with Gasteiger partial charge < -0.3 is 30.7 Å². The first kappa shape index (κ1) is 23.7. The van der Waals surface area contributed by atoms with E-state index in [1.54, 1.807) is 13.2 Å². The highest BCUT2D eigenvalue weighted by Gasteiger charge is 2.31. The zero-order chi connectivity index (χ0) is 24.5. The summed E-state index contributed by atoms with van der Waals surface area (Å²) in [6, 6.07) is 7.14. The smallest absolute Gasteiger partial charge is 0.416 e. The molecule has 0 aliphatic carbocycles. The van der Waals surface area contributed by atoms with E-state index in [2.05, 4.69) is 32.4 Å². The van der Waals surface area contributed by atoms with Gasteiger partial charge in [-0.05, 0) is 37.2 Å². The van der Waals surface area contributed by atoms with Crippen LogP contribution in [0.3, 0.4) is 0 Å². The first-order valence-electron chi connectivity index (χ1n) is 10.9. The lowest BCUT2D eigenvalue weighted by molar-refractivity contribution is -0.137. The number of benzene rings is 2. The molecule has 4 N–H and O–H groups in total. The molecule has 11 heteroatoms. The van der Waals surface area contributed by atoms with Gasteiger partial charge >= 0.3 is 6.18 Å². The quantitative estimate of drug-likeness (QED) is 0.437. The Hall–Kier alpha value is -3.47. The highest BCUT2D eigenvalue weighted by molar-refractivity contribution is 5.93. The van der Waals surface area contributed by atoms with Crippen LogP contribution in [-0.2, 0) is 6.18 Å². The first-order chi connectivity index (χ1) is 16.2. The Balaban J connectivity index is 1.80.